The summed E-state index contributed by atoms with van der Waals surface area (Å²) in [6, 6.07) is 8.00. The molecule has 1 aliphatic heterocycles. The molecule has 1 saturated heterocycles. The molecule has 0 saturated carbocycles. The highest BCUT2D eigenvalue weighted by molar-refractivity contribution is 7.99. The summed E-state index contributed by atoms with van der Waals surface area (Å²) in [5.41, 5.74) is 0.960. The normalized spacial score (nSPS) is 21.5. The molecular weight excluding hydrogens is 402 g/mol. The minimum atomic E-state index is -1.17. The minimum Gasteiger partial charge on any atom is -0.383 e. The van der Waals surface area contributed by atoms with Crippen LogP contribution in [0.2, 0.25) is 0 Å². The zero-order valence-corrected chi connectivity index (χ0v) is 18.9. The third-order valence-electron chi connectivity index (χ3n) is 4.95. The fourth-order valence-electron chi connectivity index (χ4n) is 3.36. The molecule has 0 aliphatic carbocycles. The van der Waals surface area contributed by atoms with Crippen molar-refractivity contribution in [3.05, 3.63) is 35.9 Å². The van der Waals surface area contributed by atoms with E-state index in [-0.39, 0.29) is 23.0 Å². The van der Waals surface area contributed by atoms with E-state index in [1.54, 1.807) is 11.8 Å². The number of hydrogen-bond donors (Lipinski definition) is 4. The molecule has 0 bridgehead atoms. The van der Waals surface area contributed by atoms with Gasteiger partial charge in [-0.3, -0.25) is 14.4 Å². The Labute approximate surface area is 182 Å². The predicted octanol–water partition coefficient (Wildman–Crippen LogP) is 1.62. The van der Waals surface area contributed by atoms with Crippen LogP contribution < -0.4 is 16.0 Å². The predicted molar refractivity (Wildman–Crippen MR) is 119 cm³/mol. The average molecular weight is 436 g/mol. The number of thioether (sulfide) groups is 1. The van der Waals surface area contributed by atoms with Crippen molar-refractivity contribution in [1.82, 2.24) is 16.0 Å². The zero-order valence-electron chi connectivity index (χ0n) is 18.1. The summed E-state index contributed by atoms with van der Waals surface area (Å²) in [5.74, 6) is -0.567. The highest BCUT2D eigenvalue weighted by Crippen LogP contribution is 2.33. The highest BCUT2D eigenvalue weighted by atomic mass is 32.2. The van der Waals surface area contributed by atoms with Crippen LogP contribution in [0.5, 0.6) is 0 Å². The van der Waals surface area contributed by atoms with Crippen LogP contribution in [0.4, 0.5) is 0 Å². The number of aliphatic hydroxyl groups excluding tert-OH is 1. The maximum absolute atomic E-state index is 13.1. The number of aliphatic hydroxyl groups is 1. The molecule has 0 radical (unpaired) electrons. The monoisotopic (exact) mass is 435 g/mol. The molecule has 166 valence electrons. The first-order valence-electron chi connectivity index (χ1n) is 10.4. The van der Waals surface area contributed by atoms with E-state index in [1.165, 1.54) is 0 Å². The molecule has 2 rings (SSSR count). The first-order chi connectivity index (χ1) is 14.2. The van der Waals surface area contributed by atoms with E-state index < -0.39 is 30.0 Å². The van der Waals surface area contributed by atoms with Gasteiger partial charge in [0.25, 0.3) is 0 Å². The van der Waals surface area contributed by atoms with Crippen molar-refractivity contribution >= 4 is 29.5 Å². The SMILES string of the molecule is CC(C)C[C@H](O)C(=O)N[C@H](C(=O)N[C@@H]1C(=O)NCCS[C@@H]1c1ccccc1)C(C)C. The van der Waals surface area contributed by atoms with Gasteiger partial charge in [0, 0.05) is 12.3 Å². The molecular formula is C22H33N3O4S. The van der Waals surface area contributed by atoms with E-state index in [2.05, 4.69) is 16.0 Å². The molecule has 8 heteroatoms. The maximum Gasteiger partial charge on any atom is 0.249 e. The third-order valence-corrected chi connectivity index (χ3v) is 6.30. The molecule has 1 heterocycles. The molecule has 1 aromatic rings. The summed E-state index contributed by atoms with van der Waals surface area (Å²) in [5, 5.41) is 18.2. The lowest BCUT2D eigenvalue weighted by atomic mass is 9.99. The van der Waals surface area contributed by atoms with Gasteiger partial charge >= 0.3 is 0 Å². The van der Waals surface area contributed by atoms with Crippen LogP contribution in [0.15, 0.2) is 30.3 Å². The van der Waals surface area contributed by atoms with Gasteiger partial charge in [0.2, 0.25) is 17.7 Å². The quantitative estimate of drug-likeness (QED) is 0.496. The molecule has 4 atom stereocenters. The highest BCUT2D eigenvalue weighted by Gasteiger charge is 2.36. The van der Waals surface area contributed by atoms with Crippen LogP contribution in [-0.4, -0.2) is 53.3 Å². The summed E-state index contributed by atoms with van der Waals surface area (Å²) in [6.07, 6.45) is -0.858. The van der Waals surface area contributed by atoms with E-state index in [4.69, 9.17) is 0 Å². The number of hydrogen-bond acceptors (Lipinski definition) is 5. The van der Waals surface area contributed by atoms with Gasteiger partial charge in [0.1, 0.15) is 18.2 Å². The standard InChI is InChI=1S/C22H33N3O4S/c1-13(2)12-16(26)20(27)24-17(14(3)4)22(29)25-18-19(15-8-6-5-7-9-15)30-11-10-23-21(18)28/h5-9,13-14,16-19,26H,10-12H2,1-4H3,(H,23,28)(H,24,27)(H,25,29)/t16-,17-,18-,19+/m0/s1. The Bertz CT molecular complexity index is 726. The number of amides is 3. The lowest BCUT2D eigenvalue weighted by molar-refractivity contribution is -0.136. The maximum atomic E-state index is 13.1. The molecule has 3 amide bonds. The van der Waals surface area contributed by atoms with E-state index in [9.17, 15) is 19.5 Å². The summed E-state index contributed by atoms with van der Waals surface area (Å²) in [7, 11) is 0. The van der Waals surface area contributed by atoms with Crippen LogP contribution in [0.25, 0.3) is 0 Å². The van der Waals surface area contributed by atoms with Gasteiger partial charge in [-0.05, 0) is 23.8 Å². The van der Waals surface area contributed by atoms with Crippen LogP contribution in [0.1, 0.15) is 44.9 Å². The van der Waals surface area contributed by atoms with Crippen molar-refractivity contribution in [2.45, 2.75) is 57.6 Å². The molecule has 7 nitrogen and oxygen atoms in total. The number of benzene rings is 1. The molecule has 1 fully saturated rings. The molecule has 0 aromatic heterocycles. The summed E-state index contributed by atoms with van der Waals surface area (Å²) in [4.78, 5) is 38.2. The van der Waals surface area contributed by atoms with E-state index in [0.29, 0.717) is 13.0 Å². The molecule has 0 unspecified atom stereocenters. The van der Waals surface area contributed by atoms with E-state index in [0.717, 1.165) is 11.3 Å². The molecule has 30 heavy (non-hydrogen) atoms. The summed E-state index contributed by atoms with van der Waals surface area (Å²) < 4.78 is 0. The van der Waals surface area contributed by atoms with Crippen molar-refractivity contribution in [2.75, 3.05) is 12.3 Å². The second-order valence-corrected chi connectivity index (χ2v) is 9.60. The van der Waals surface area contributed by atoms with Crippen molar-refractivity contribution < 1.29 is 19.5 Å². The molecule has 1 aliphatic rings. The lowest BCUT2D eigenvalue weighted by Gasteiger charge is -2.29. The van der Waals surface area contributed by atoms with Crippen LogP contribution in [-0.2, 0) is 14.4 Å². The second-order valence-electron chi connectivity index (χ2n) is 8.35. The summed E-state index contributed by atoms with van der Waals surface area (Å²) in [6.45, 7) is 7.99. The second kappa shape index (κ2) is 11.4. The number of nitrogens with one attached hydrogen (secondary N) is 3. The van der Waals surface area contributed by atoms with Crippen molar-refractivity contribution in [1.29, 1.82) is 0 Å². The number of rotatable bonds is 8. The first kappa shape index (κ1) is 24.2. The van der Waals surface area contributed by atoms with Gasteiger partial charge in [0.15, 0.2) is 0 Å². The Hall–Kier alpha value is -2.06. The summed E-state index contributed by atoms with van der Waals surface area (Å²) >= 11 is 1.61. The molecule has 1 aromatic carbocycles. The molecule has 0 spiro atoms. The van der Waals surface area contributed by atoms with Crippen molar-refractivity contribution in [2.24, 2.45) is 11.8 Å². The van der Waals surface area contributed by atoms with Gasteiger partial charge in [-0.1, -0.05) is 58.0 Å². The Morgan fingerprint density at radius 2 is 1.83 bits per heavy atom. The Morgan fingerprint density at radius 1 is 1.17 bits per heavy atom. The van der Waals surface area contributed by atoms with E-state index in [1.807, 2.05) is 58.0 Å². The van der Waals surface area contributed by atoms with Gasteiger partial charge in [-0.25, -0.2) is 0 Å². The van der Waals surface area contributed by atoms with Crippen molar-refractivity contribution in [3.63, 3.8) is 0 Å². The van der Waals surface area contributed by atoms with Crippen LogP contribution in [0, 0.1) is 11.8 Å². The number of carbonyl (C=O) groups is 3. The fourth-order valence-corrected chi connectivity index (χ4v) is 4.56. The van der Waals surface area contributed by atoms with Gasteiger partial charge < -0.3 is 21.1 Å². The molecule has 4 N–H and O–H groups in total. The van der Waals surface area contributed by atoms with Gasteiger partial charge in [0.05, 0.1) is 5.25 Å². The first-order valence-corrected chi connectivity index (χ1v) is 11.5. The zero-order chi connectivity index (χ0) is 22.3. The largest absolute Gasteiger partial charge is 0.383 e. The third kappa shape index (κ3) is 6.74. The lowest BCUT2D eigenvalue weighted by Crippen LogP contribution is -2.57. The van der Waals surface area contributed by atoms with Crippen molar-refractivity contribution in [3.8, 4) is 0 Å². The van der Waals surface area contributed by atoms with Crippen LogP contribution >= 0.6 is 11.8 Å². The topological polar surface area (TPSA) is 108 Å². The fraction of sp³-hybridized carbons (Fsp3) is 0.591. The Morgan fingerprint density at radius 3 is 2.43 bits per heavy atom. The van der Waals surface area contributed by atoms with Gasteiger partial charge in [-0.2, -0.15) is 0 Å². The smallest absolute Gasteiger partial charge is 0.249 e. The minimum absolute atomic E-state index is 0.149. The Balaban J connectivity index is 2.16. The average Bonchev–Trinajstić information content (AvgIpc) is 2.87. The van der Waals surface area contributed by atoms with Gasteiger partial charge in [-0.15, -0.1) is 11.8 Å². The number of carbonyl (C=O) groups excluding carboxylic acids is 3. The van der Waals surface area contributed by atoms with Crippen LogP contribution in [0.3, 0.4) is 0 Å². The van der Waals surface area contributed by atoms with E-state index >= 15 is 0 Å². The Kier molecular flexibility index (Phi) is 9.17.